The molecule has 9 rings (SSSR count). The van der Waals surface area contributed by atoms with Crippen molar-refractivity contribution in [1.82, 2.24) is 0 Å². The van der Waals surface area contributed by atoms with Crippen LogP contribution in [-0.4, -0.2) is 137 Å². The number of halogens is 9. The van der Waals surface area contributed by atoms with Crippen molar-refractivity contribution in [3.05, 3.63) is 193 Å². The molecule has 0 saturated carbocycles. The molecule has 0 aromatic heterocycles. The molecule has 3 saturated heterocycles. The first kappa shape index (κ1) is 71.7. The Balaban J connectivity index is 0.000000192. The zero-order valence-electron chi connectivity index (χ0n) is 50.3. The van der Waals surface area contributed by atoms with E-state index in [0.29, 0.717) is 76.4 Å². The molecule has 14 nitrogen and oxygen atoms in total. The van der Waals surface area contributed by atoms with Crippen molar-refractivity contribution < 1.29 is 94.9 Å². The summed E-state index contributed by atoms with van der Waals surface area (Å²) in [6.07, 6.45) is -15.3. The van der Waals surface area contributed by atoms with Gasteiger partial charge in [0.15, 0.2) is 6.10 Å². The third-order valence-electron chi connectivity index (χ3n) is 16.0. The average Bonchev–Trinajstić information content (AvgIpc) is 0.859. The molecule has 6 aromatic rings. The molecule has 12 unspecified atom stereocenters. The predicted octanol–water partition coefficient (Wildman–Crippen LogP) is 12.5. The van der Waals surface area contributed by atoms with Gasteiger partial charge in [-0.25, -0.2) is 26.3 Å². The Labute approximate surface area is 534 Å². The van der Waals surface area contributed by atoms with E-state index in [1.54, 1.807) is 49.4 Å². The lowest BCUT2D eigenvalue weighted by Gasteiger charge is -2.44. The first-order valence-electron chi connectivity index (χ1n) is 29.4. The van der Waals surface area contributed by atoms with Crippen LogP contribution in [0.25, 0.3) is 0 Å². The van der Waals surface area contributed by atoms with E-state index in [1.165, 1.54) is 13.8 Å². The molecule has 6 N–H and O–H groups in total. The summed E-state index contributed by atoms with van der Waals surface area (Å²) in [6, 6.07) is 37.8. The summed E-state index contributed by atoms with van der Waals surface area (Å²) >= 11 is 19.0. The highest BCUT2D eigenvalue weighted by atomic mass is 35.5. The molecule has 3 aliphatic rings. The zero-order valence-corrected chi connectivity index (χ0v) is 52.5. The molecular formula is C67H75Cl3F6O14. The molecule has 23 heteroatoms. The van der Waals surface area contributed by atoms with Crippen LogP contribution in [0.2, 0.25) is 15.1 Å². The van der Waals surface area contributed by atoms with Crippen LogP contribution in [0.15, 0.2) is 127 Å². The first-order valence-corrected chi connectivity index (χ1v) is 30.5. The van der Waals surface area contributed by atoms with Gasteiger partial charge in [-0.05, 0) is 151 Å². The highest BCUT2D eigenvalue weighted by molar-refractivity contribution is 6.32. The van der Waals surface area contributed by atoms with E-state index in [-0.39, 0.29) is 0 Å². The number of aliphatic hydroxyl groups excluding tert-OH is 6. The number of rotatable bonds is 19. The van der Waals surface area contributed by atoms with E-state index in [4.69, 9.17) is 68.0 Å². The average molecular weight is 1320 g/mol. The monoisotopic (exact) mass is 1320 g/mol. The van der Waals surface area contributed by atoms with Gasteiger partial charge in [-0.15, -0.1) is 0 Å². The second-order valence-electron chi connectivity index (χ2n) is 22.2. The van der Waals surface area contributed by atoms with Gasteiger partial charge < -0.3 is 63.8 Å². The van der Waals surface area contributed by atoms with Crippen LogP contribution in [0.3, 0.4) is 0 Å². The van der Waals surface area contributed by atoms with Crippen molar-refractivity contribution in [3.63, 3.8) is 0 Å². The third kappa shape index (κ3) is 17.3. The lowest BCUT2D eigenvalue weighted by atomic mass is 9.78. The number of benzene rings is 6. The molecule has 3 heterocycles. The Kier molecular flexibility index (Phi) is 25.3. The van der Waals surface area contributed by atoms with Crippen molar-refractivity contribution in [2.45, 2.75) is 140 Å². The molecule has 6 aromatic carbocycles. The van der Waals surface area contributed by atoms with Gasteiger partial charge in [-0.1, -0.05) is 121 Å². The summed E-state index contributed by atoms with van der Waals surface area (Å²) in [7, 11) is 0. The molecule has 90 heavy (non-hydrogen) atoms. The normalized spacial score (nSPS) is 25.7. The van der Waals surface area contributed by atoms with Crippen molar-refractivity contribution in [2.75, 3.05) is 39.6 Å². The van der Waals surface area contributed by atoms with Gasteiger partial charge in [-0.2, -0.15) is 0 Å². The SMILES string of the molecule is CCOc1ccc(Cc2cc(C3OC(CO)C(F)(F)C(O)C3O)ccc2Cl)cc1.CCOc1ccc(Cc2cc(C3OC(CO)C(F)(F)C(O)C3O)ccc2Cl)cc1.CCOc1ccc(Cc2cc(C3OC(COC(C)=O)C(F)(F)C(C)C3C)ccc2Cl)cc1. The van der Waals surface area contributed by atoms with Crippen LogP contribution < -0.4 is 14.2 Å². The van der Waals surface area contributed by atoms with Crippen LogP contribution in [-0.2, 0) is 43.0 Å². The minimum Gasteiger partial charge on any atom is -0.494 e. The van der Waals surface area contributed by atoms with E-state index in [1.807, 2.05) is 106 Å². The molecule has 0 radical (unpaired) electrons. The lowest BCUT2D eigenvalue weighted by Crippen LogP contribution is -2.59. The van der Waals surface area contributed by atoms with Crippen molar-refractivity contribution in [1.29, 1.82) is 0 Å². The van der Waals surface area contributed by atoms with Crippen molar-refractivity contribution in [2.24, 2.45) is 11.8 Å². The number of carbonyl (C=O) groups is 1. The van der Waals surface area contributed by atoms with Gasteiger partial charge >= 0.3 is 17.8 Å². The van der Waals surface area contributed by atoms with Crippen molar-refractivity contribution in [3.8, 4) is 17.2 Å². The minimum atomic E-state index is -3.76. The summed E-state index contributed by atoms with van der Waals surface area (Å²) in [5.74, 6) is -10.3. The minimum absolute atomic E-state index is 0.385. The molecule has 490 valence electrons. The van der Waals surface area contributed by atoms with Gasteiger partial charge in [0.2, 0.25) is 0 Å². The second-order valence-corrected chi connectivity index (χ2v) is 23.4. The Bertz CT molecular complexity index is 3130. The Hall–Kier alpha value is -5.72. The number of alkyl halides is 6. The van der Waals surface area contributed by atoms with Crippen molar-refractivity contribution >= 4 is 40.8 Å². The highest BCUT2D eigenvalue weighted by Crippen LogP contribution is 2.49. The second kappa shape index (κ2) is 31.7. The lowest BCUT2D eigenvalue weighted by molar-refractivity contribution is -0.296. The molecule has 0 spiro atoms. The number of esters is 1. The number of carbonyl (C=O) groups excluding carboxylic acids is 1. The van der Waals surface area contributed by atoms with Gasteiger partial charge in [-0.3, -0.25) is 4.79 Å². The van der Waals surface area contributed by atoms with Gasteiger partial charge in [0.1, 0.15) is 72.7 Å². The maximum absolute atomic E-state index is 14.8. The number of hydrogen-bond acceptors (Lipinski definition) is 14. The van der Waals surface area contributed by atoms with Crippen LogP contribution >= 0.6 is 34.8 Å². The van der Waals surface area contributed by atoms with Gasteiger partial charge in [0, 0.05) is 27.9 Å². The highest BCUT2D eigenvalue weighted by Gasteiger charge is 2.59. The Morgan fingerprint density at radius 2 is 0.789 bits per heavy atom. The Morgan fingerprint density at radius 3 is 1.09 bits per heavy atom. The fourth-order valence-electron chi connectivity index (χ4n) is 10.8. The largest absolute Gasteiger partial charge is 0.494 e. The number of hydrogen-bond donors (Lipinski definition) is 6. The molecule has 3 fully saturated rings. The first-order chi connectivity index (χ1) is 42.7. The maximum atomic E-state index is 14.8. The van der Waals surface area contributed by atoms with E-state index in [9.17, 15) is 61.8 Å². The van der Waals surface area contributed by atoms with Crippen LogP contribution in [0.1, 0.15) is 110 Å². The molecule has 0 bridgehead atoms. The molecule has 0 amide bonds. The summed E-state index contributed by atoms with van der Waals surface area (Å²) in [6.45, 7) is 9.46. The summed E-state index contributed by atoms with van der Waals surface area (Å²) < 4.78 is 123. The predicted molar refractivity (Wildman–Crippen MR) is 326 cm³/mol. The maximum Gasteiger partial charge on any atom is 0.303 e. The van der Waals surface area contributed by atoms with E-state index < -0.39 is 116 Å². The van der Waals surface area contributed by atoms with Crippen LogP contribution in [0.5, 0.6) is 17.2 Å². The van der Waals surface area contributed by atoms with Gasteiger partial charge in [0.05, 0.1) is 39.1 Å². The summed E-state index contributed by atoms with van der Waals surface area (Å²) in [5.41, 5.74) is 6.80. The smallest absolute Gasteiger partial charge is 0.303 e. The van der Waals surface area contributed by atoms with E-state index in [2.05, 4.69) is 0 Å². The third-order valence-corrected chi connectivity index (χ3v) is 17.1. The zero-order chi connectivity index (χ0) is 65.8. The molecular weight excluding hydrogens is 1250 g/mol. The number of ether oxygens (including phenoxy) is 7. The fourth-order valence-corrected chi connectivity index (χ4v) is 11.3. The van der Waals surface area contributed by atoms with Crippen LogP contribution in [0, 0.1) is 11.8 Å². The molecule has 3 aliphatic heterocycles. The fraction of sp³-hybridized carbons (Fsp3) is 0.448. The molecule has 12 atom stereocenters. The standard InChI is InChI=1S/C25H29ClF2O4.2C21H23ClF2O5/c1-5-30-21-9-6-18(7-10-21)12-20-13-19(8-11-22(20)26)24-15(2)16(3)25(27,28)23(32-24)14-31-17(4)29;2*1-2-28-15-6-3-12(4-7-15)9-14-10-13(5-8-16(14)22)19-18(26)20(27)21(23,24)17(11-25)29-19/h6-11,13,15-16,23-24H,5,12,14H2,1-4H3;2*3-8,10,17-20,25-27H,2,9,11H2,1H3. The topological polar surface area (TPSA) is 203 Å². The summed E-state index contributed by atoms with van der Waals surface area (Å²) in [5, 5.41) is 60.0. The van der Waals surface area contributed by atoms with Crippen LogP contribution in [0.4, 0.5) is 26.3 Å². The number of aliphatic hydroxyl groups is 6. The molecule has 0 aliphatic carbocycles. The quantitative estimate of drug-likeness (QED) is 0.0330. The van der Waals surface area contributed by atoms with E-state index >= 15 is 0 Å². The van der Waals surface area contributed by atoms with Gasteiger partial charge in [0.25, 0.3) is 5.92 Å². The van der Waals surface area contributed by atoms with E-state index in [0.717, 1.165) is 45.1 Å². The Morgan fingerprint density at radius 1 is 0.478 bits per heavy atom. The summed E-state index contributed by atoms with van der Waals surface area (Å²) in [4.78, 5) is 11.2.